The highest BCUT2D eigenvalue weighted by atomic mass is 127. The molecule has 1 heterocycles. The first kappa shape index (κ1) is 12.4. The molecule has 4 saturated carbocycles. The first-order valence-corrected chi connectivity index (χ1v) is 8.72. The Kier molecular flexibility index (Phi) is 2.65. The molecule has 3 heteroatoms. The summed E-state index contributed by atoms with van der Waals surface area (Å²) in [6, 6.07) is 0. The maximum absolute atomic E-state index is 5.64. The average molecular weight is 362 g/mol. The number of nitrogens with zero attached hydrogens (tertiary/aromatic N) is 1. The van der Waals surface area contributed by atoms with E-state index in [2.05, 4.69) is 29.6 Å². The summed E-state index contributed by atoms with van der Waals surface area (Å²) >= 11 is 2.84. The molecule has 4 bridgehead atoms. The van der Waals surface area contributed by atoms with Crippen LogP contribution in [0.15, 0.2) is 0 Å². The number of likely N-dealkylation sites (N-methyl/N-ethyl adjacent to an activating group) is 1. The number of rotatable bonds is 1. The standard InChI is InChI=1S/C15H25INO/c1-17(2-4-18-5-3-17)15-9-12-6-13(10-15)8-14(16,7-12)11-15/h12-13H,2-11H2,1H3/q+1. The van der Waals surface area contributed by atoms with Crippen LogP contribution in [0.25, 0.3) is 0 Å². The Hall–Kier alpha value is 0.650. The maximum atomic E-state index is 5.64. The number of halogens is 1. The molecule has 0 aromatic heterocycles. The van der Waals surface area contributed by atoms with E-state index in [0.29, 0.717) is 8.96 Å². The maximum Gasteiger partial charge on any atom is 0.103 e. The summed E-state index contributed by atoms with van der Waals surface area (Å²) in [6.07, 6.45) is 9.10. The second kappa shape index (κ2) is 3.85. The second-order valence-corrected chi connectivity index (χ2v) is 10.1. The minimum Gasteiger partial charge on any atom is -0.370 e. The zero-order valence-corrected chi connectivity index (χ0v) is 13.6. The number of alkyl halides is 1. The Labute approximate surface area is 124 Å². The van der Waals surface area contributed by atoms with Crippen LogP contribution in [0.3, 0.4) is 0 Å². The van der Waals surface area contributed by atoms with Crippen LogP contribution in [-0.4, -0.2) is 46.8 Å². The van der Waals surface area contributed by atoms with Gasteiger partial charge >= 0.3 is 0 Å². The van der Waals surface area contributed by atoms with Crippen molar-refractivity contribution in [2.75, 3.05) is 33.4 Å². The van der Waals surface area contributed by atoms with Gasteiger partial charge in [-0.2, -0.15) is 0 Å². The van der Waals surface area contributed by atoms with Crippen molar-refractivity contribution in [2.45, 2.75) is 47.5 Å². The Morgan fingerprint density at radius 3 is 2.22 bits per heavy atom. The molecule has 102 valence electrons. The molecule has 0 spiro atoms. The fraction of sp³-hybridized carbons (Fsp3) is 1.00. The zero-order valence-electron chi connectivity index (χ0n) is 11.5. The van der Waals surface area contributed by atoms with E-state index in [0.717, 1.165) is 25.0 Å². The molecule has 0 N–H and O–H groups in total. The highest BCUT2D eigenvalue weighted by Gasteiger charge is 2.64. The predicted molar refractivity (Wildman–Crippen MR) is 80.9 cm³/mol. The molecule has 5 fully saturated rings. The van der Waals surface area contributed by atoms with Gasteiger partial charge in [-0.05, 0) is 31.1 Å². The molecular weight excluding hydrogens is 337 g/mol. The van der Waals surface area contributed by atoms with Gasteiger partial charge in [-0.1, -0.05) is 22.6 Å². The van der Waals surface area contributed by atoms with Crippen molar-refractivity contribution in [3.05, 3.63) is 0 Å². The first-order chi connectivity index (χ1) is 8.53. The van der Waals surface area contributed by atoms with E-state index in [9.17, 15) is 0 Å². The third-order valence-electron chi connectivity index (χ3n) is 6.56. The van der Waals surface area contributed by atoms with E-state index < -0.39 is 0 Å². The van der Waals surface area contributed by atoms with Crippen LogP contribution in [0.4, 0.5) is 0 Å². The van der Waals surface area contributed by atoms with E-state index >= 15 is 0 Å². The van der Waals surface area contributed by atoms with E-state index in [1.165, 1.54) is 49.7 Å². The van der Waals surface area contributed by atoms with Gasteiger partial charge in [0.1, 0.15) is 18.6 Å². The molecule has 1 aliphatic heterocycles. The minimum atomic E-state index is 0.620. The van der Waals surface area contributed by atoms with Gasteiger partial charge in [-0.15, -0.1) is 0 Å². The molecule has 0 radical (unpaired) electrons. The number of morpholine rings is 1. The van der Waals surface area contributed by atoms with Crippen LogP contribution < -0.4 is 0 Å². The van der Waals surface area contributed by atoms with Crippen molar-refractivity contribution < 1.29 is 9.22 Å². The fourth-order valence-electron chi connectivity index (χ4n) is 5.96. The number of ether oxygens (including phenoxy) is 1. The van der Waals surface area contributed by atoms with Crippen molar-refractivity contribution in [1.82, 2.24) is 0 Å². The van der Waals surface area contributed by atoms with Crippen LogP contribution in [0.2, 0.25) is 0 Å². The number of hydrogen-bond acceptors (Lipinski definition) is 1. The van der Waals surface area contributed by atoms with Crippen molar-refractivity contribution in [2.24, 2.45) is 11.8 Å². The monoisotopic (exact) mass is 362 g/mol. The van der Waals surface area contributed by atoms with Crippen LogP contribution in [0.1, 0.15) is 38.5 Å². The Bertz CT molecular complexity index is 350. The molecule has 5 aliphatic rings. The van der Waals surface area contributed by atoms with Gasteiger partial charge in [0, 0.05) is 22.7 Å². The molecule has 2 nitrogen and oxygen atoms in total. The van der Waals surface area contributed by atoms with Crippen molar-refractivity contribution in [3.63, 3.8) is 0 Å². The Morgan fingerprint density at radius 1 is 1.06 bits per heavy atom. The van der Waals surface area contributed by atoms with E-state index in [1.54, 1.807) is 6.42 Å². The van der Waals surface area contributed by atoms with Gasteiger partial charge in [-0.25, -0.2) is 0 Å². The van der Waals surface area contributed by atoms with Crippen LogP contribution >= 0.6 is 22.6 Å². The number of quaternary nitrogens is 1. The fourth-order valence-corrected chi connectivity index (χ4v) is 7.91. The van der Waals surface area contributed by atoms with Crippen LogP contribution in [0, 0.1) is 11.8 Å². The minimum absolute atomic E-state index is 0.620. The molecule has 0 aromatic rings. The lowest BCUT2D eigenvalue weighted by atomic mass is 9.51. The quantitative estimate of drug-likeness (QED) is 0.396. The zero-order chi connectivity index (χ0) is 12.4. The SMILES string of the molecule is C[N+]1(C23CC4CC(CC(I)(C4)C2)C3)CCOCC1. The summed E-state index contributed by atoms with van der Waals surface area (Å²) in [5, 5.41) is 0. The average Bonchev–Trinajstić information content (AvgIpc) is 2.26. The second-order valence-electron chi connectivity index (χ2n) is 7.79. The van der Waals surface area contributed by atoms with Crippen molar-refractivity contribution in [3.8, 4) is 0 Å². The van der Waals surface area contributed by atoms with Crippen molar-refractivity contribution >= 4 is 22.6 Å². The summed E-state index contributed by atoms with van der Waals surface area (Å²) in [6.45, 7) is 4.49. The van der Waals surface area contributed by atoms with E-state index in [4.69, 9.17) is 4.74 Å². The lowest BCUT2D eigenvalue weighted by molar-refractivity contribution is -0.970. The van der Waals surface area contributed by atoms with E-state index in [-0.39, 0.29) is 0 Å². The van der Waals surface area contributed by atoms with E-state index in [1.807, 2.05) is 0 Å². The van der Waals surface area contributed by atoms with Gasteiger partial charge in [0.25, 0.3) is 0 Å². The summed E-state index contributed by atoms with van der Waals surface area (Å²) in [5.74, 6) is 2.09. The summed E-state index contributed by atoms with van der Waals surface area (Å²) in [5.41, 5.74) is 0.620. The predicted octanol–water partition coefficient (Wildman–Crippen LogP) is 2.99. The van der Waals surface area contributed by atoms with Gasteiger partial charge in [0.05, 0.1) is 20.3 Å². The third-order valence-corrected chi connectivity index (χ3v) is 7.82. The van der Waals surface area contributed by atoms with Crippen molar-refractivity contribution in [1.29, 1.82) is 0 Å². The lowest BCUT2D eigenvalue weighted by Crippen LogP contribution is -2.73. The molecule has 0 amide bonds. The Morgan fingerprint density at radius 2 is 1.67 bits per heavy atom. The molecule has 18 heavy (non-hydrogen) atoms. The molecular formula is C15H25INO+. The van der Waals surface area contributed by atoms with Crippen LogP contribution in [0.5, 0.6) is 0 Å². The van der Waals surface area contributed by atoms with Crippen LogP contribution in [-0.2, 0) is 4.74 Å². The van der Waals surface area contributed by atoms with Gasteiger partial charge in [-0.3, -0.25) is 0 Å². The van der Waals surface area contributed by atoms with Gasteiger partial charge in [0.2, 0.25) is 0 Å². The smallest absolute Gasteiger partial charge is 0.103 e. The molecule has 1 saturated heterocycles. The Balaban J connectivity index is 1.70. The molecule has 0 aromatic carbocycles. The highest BCUT2D eigenvalue weighted by Crippen LogP contribution is 2.63. The topological polar surface area (TPSA) is 9.23 Å². The number of hydrogen-bond donors (Lipinski definition) is 0. The summed E-state index contributed by atoms with van der Waals surface area (Å²) in [7, 11) is 2.54. The highest BCUT2D eigenvalue weighted by molar-refractivity contribution is 14.1. The molecule has 2 unspecified atom stereocenters. The summed E-state index contributed by atoms with van der Waals surface area (Å²) in [4.78, 5) is 0. The van der Waals surface area contributed by atoms with Gasteiger partial charge < -0.3 is 9.22 Å². The largest absolute Gasteiger partial charge is 0.370 e. The lowest BCUT2D eigenvalue weighted by Gasteiger charge is -2.66. The van der Waals surface area contributed by atoms with Gasteiger partial charge in [0.15, 0.2) is 0 Å². The molecule has 4 aliphatic carbocycles. The molecule has 2 atom stereocenters. The molecule has 5 rings (SSSR count). The normalized spacial score (nSPS) is 53.7. The summed E-state index contributed by atoms with van der Waals surface area (Å²) < 4.78 is 7.61. The first-order valence-electron chi connectivity index (χ1n) is 7.64. The third kappa shape index (κ3) is 1.65.